The number of hydrogen-bond acceptors (Lipinski definition) is 2. The summed E-state index contributed by atoms with van der Waals surface area (Å²) in [6, 6.07) is 0. The maximum atomic E-state index is 5.51. The highest BCUT2D eigenvalue weighted by atomic mass is 16.5. The van der Waals surface area contributed by atoms with Crippen molar-refractivity contribution in [2.75, 3.05) is 20.2 Å². The van der Waals surface area contributed by atoms with Gasteiger partial charge in [-0.05, 0) is 39.8 Å². The van der Waals surface area contributed by atoms with E-state index in [9.17, 15) is 0 Å². The molecule has 0 bridgehead atoms. The molecule has 2 nitrogen and oxygen atoms in total. The summed E-state index contributed by atoms with van der Waals surface area (Å²) in [5.74, 6) is 0.669. The van der Waals surface area contributed by atoms with Crippen molar-refractivity contribution in [3.63, 3.8) is 0 Å². The van der Waals surface area contributed by atoms with Gasteiger partial charge in [0, 0.05) is 0 Å². The summed E-state index contributed by atoms with van der Waals surface area (Å²) in [4.78, 5) is 0. The monoisotopic (exact) mass is 159 g/mol. The van der Waals surface area contributed by atoms with Crippen LogP contribution in [0.4, 0.5) is 0 Å². The number of ether oxygens (including phenoxy) is 1. The van der Waals surface area contributed by atoms with Gasteiger partial charge in [-0.2, -0.15) is 0 Å². The van der Waals surface area contributed by atoms with Crippen molar-refractivity contribution in [1.82, 2.24) is 5.32 Å². The Morgan fingerprint density at radius 3 is 2.36 bits per heavy atom. The van der Waals surface area contributed by atoms with Crippen molar-refractivity contribution in [3.05, 3.63) is 0 Å². The summed E-state index contributed by atoms with van der Waals surface area (Å²) in [6.45, 7) is 8.29. The van der Waals surface area contributed by atoms with E-state index in [-0.39, 0.29) is 0 Å². The van der Waals surface area contributed by atoms with Crippen LogP contribution in [0.2, 0.25) is 0 Å². The average molecular weight is 159 g/mol. The van der Waals surface area contributed by atoms with Crippen LogP contribution in [0.1, 0.15) is 27.2 Å². The molecule has 0 fully saturated rings. The topological polar surface area (TPSA) is 21.3 Å². The molecular formula is C9H21NO. The SMILES string of the molecule is CCC(CNC)COC(C)C. The Morgan fingerprint density at radius 1 is 1.36 bits per heavy atom. The van der Waals surface area contributed by atoms with Crippen molar-refractivity contribution in [2.45, 2.75) is 33.3 Å². The maximum Gasteiger partial charge on any atom is 0.0519 e. The zero-order chi connectivity index (χ0) is 8.69. The van der Waals surface area contributed by atoms with Crippen molar-refractivity contribution >= 4 is 0 Å². The number of rotatable bonds is 6. The van der Waals surface area contributed by atoms with Gasteiger partial charge in [0.05, 0.1) is 12.7 Å². The standard InChI is InChI=1S/C9H21NO/c1-5-9(6-10-4)7-11-8(2)3/h8-10H,5-7H2,1-4H3. The van der Waals surface area contributed by atoms with Gasteiger partial charge in [-0.3, -0.25) is 0 Å². The first-order valence-corrected chi connectivity index (χ1v) is 4.46. The average Bonchev–Trinajstić information content (AvgIpc) is 1.97. The van der Waals surface area contributed by atoms with Gasteiger partial charge in [-0.1, -0.05) is 6.92 Å². The van der Waals surface area contributed by atoms with Crippen molar-refractivity contribution in [3.8, 4) is 0 Å². The van der Waals surface area contributed by atoms with Crippen molar-refractivity contribution < 1.29 is 4.74 Å². The van der Waals surface area contributed by atoms with Gasteiger partial charge in [0.15, 0.2) is 0 Å². The first kappa shape index (κ1) is 10.9. The smallest absolute Gasteiger partial charge is 0.0519 e. The van der Waals surface area contributed by atoms with Gasteiger partial charge in [0.1, 0.15) is 0 Å². The summed E-state index contributed by atoms with van der Waals surface area (Å²) < 4.78 is 5.51. The predicted octanol–water partition coefficient (Wildman–Crippen LogP) is 1.66. The molecule has 0 rings (SSSR count). The number of hydrogen-bond donors (Lipinski definition) is 1. The van der Waals surface area contributed by atoms with Crippen molar-refractivity contribution in [1.29, 1.82) is 0 Å². The van der Waals surface area contributed by atoms with Crippen LogP contribution < -0.4 is 5.32 Å². The van der Waals surface area contributed by atoms with Crippen LogP contribution >= 0.6 is 0 Å². The van der Waals surface area contributed by atoms with Crippen LogP contribution in [0.15, 0.2) is 0 Å². The highest BCUT2D eigenvalue weighted by Gasteiger charge is 2.05. The molecule has 68 valence electrons. The Kier molecular flexibility index (Phi) is 6.57. The van der Waals surface area contributed by atoms with E-state index in [1.165, 1.54) is 6.42 Å². The lowest BCUT2D eigenvalue weighted by atomic mass is 10.1. The van der Waals surface area contributed by atoms with E-state index < -0.39 is 0 Å². The zero-order valence-electron chi connectivity index (χ0n) is 8.18. The summed E-state index contributed by atoms with van der Waals surface area (Å²) in [5.41, 5.74) is 0. The Bertz CT molecular complexity index is 83.6. The molecule has 0 saturated carbocycles. The molecule has 0 radical (unpaired) electrons. The van der Waals surface area contributed by atoms with E-state index in [1.807, 2.05) is 7.05 Å². The van der Waals surface area contributed by atoms with E-state index in [2.05, 4.69) is 26.1 Å². The molecule has 1 unspecified atom stereocenters. The fraction of sp³-hybridized carbons (Fsp3) is 1.00. The van der Waals surface area contributed by atoms with Crippen LogP contribution in [0.25, 0.3) is 0 Å². The molecule has 0 aromatic carbocycles. The zero-order valence-corrected chi connectivity index (χ0v) is 8.18. The first-order chi connectivity index (χ1) is 5.20. The second-order valence-corrected chi connectivity index (χ2v) is 3.21. The van der Waals surface area contributed by atoms with E-state index in [0.29, 0.717) is 12.0 Å². The largest absolute Gasteiger partial charge is 0.378 e. The molecule has 1 atom stereocenters. The third-order valence-electron chi connectivity index (χ3n) is 1.74. The quantitative estimate of drug-likeness (QED) is 0.636. The minimum absolute atomic E-state index is 0.362. The van der Waals surface area contributed by atoms with Crippen molar-refractivity contribution in [2.24, 2.45) is 5.92 Å². The summed E-state index contributed by atoms with van der Waals surface area (Å²) in [6.07, 6.45) is 1.55. The van der Waals surface area contributed by atoms with Crippen LogP contribution in [0.5, 0.6) is 0 Å². The minimum Gasteiger partial charge on any atom is -0.378 e. The molecule has 0 heterocycles. The molecule has 0 aromatic heterocycles. The Morgan fingerprint density at radius 2 is 2.00 bits per heavy atom. The maximum absolute atomic E-state index is 5.51. The van der Waals surface area contributed by atoms with E-state index in [4.69, 9.17) is 4.74 Å². The van der Waals surface area contributed by atoms with Crippen LogP contribution in [-0.4, -0.2) is 26.3 Å². The molecular weight excluding hydrogens is 138 g/mol. The first-order valence-electron chi connectivity index (χ1n) is 4.46. The molecule has 0 spiro atoms. The third kappa shape index (κ3) is 6.32. The molecule has 0 aliphatic carbocycles. The molecule has 0 saturated heterocycles. The summed E-state index contributed by atoms with van der Waals surface area (Å²) in [5, 5.41) is 3.16. The van der Waals surface area contributed by atoms with Gasteiger partial charge in [-0.15, -0.1) is 0 Å². The molecule has 0 aliphatic heterocycles. The van der Waals surface area contributed by atoms with Crippen LogP contribution in [0, 0.1) is 5.92 Å². The molecule has 2 heteroatoms. The number of nitrogens with one attached hydrogen (secondary N) is 1. The Labute approximate surface area is 70.3 Å². The van der Waals surface area contributed by atoms with Gasteiger partial charge < -0.3 is 10.1 Å². The fourth-order valence-electron chi connectivity index (χ4n) is 0.938. The Hall–Kier alpha value is -0.0800. The molecule has 0 aromatic rings. The molecule has 0 amide bonds. The lowest BCUT2D eigenvalue weighted by molar-refractivity contribution is 0.0505. The van der Waals surface area contributed by atoms with E-state index >= 15 is 0 Å². The second kappa shape index (κ2) is 6.62. The normalized spacial score (nSPS) is 13.9. The lowest BCUT2D eigenvalue weighted by Gasteiger charge is -2.16. The van der Waals surface area contributed by atoms with Crippen LogP contribution in [-0.2, 0) is 4.74 Å². The highest BCUT2D eigenvalue weighted by Crippen LogP contribution is 2.02. The van der Waals surface area contributed by atoms with Gasteiger partial charge in [0.25, 0.3) is 0 Å². The van der Waals surface area contributed by atoms with Crippen LogP contribution in [0.3, 0.4) is 0 Å². The molecule has 1 N–H and O–H groups in total. The fourth-order valence-corrected chi connectivity index (χ4v) is 0.938. The highest BCUT2D eigenvalue weighted by molar-refractivity contribution is 4.57. The predicted molar refractivity (Wildman–Crippen MR) is 48.8 cm³/mol. The second-order valence-electron chi connectivity index (χ2n) is 3.21. The van der Waals surface area contributed by atoms with E-state index in [1.54, 1.807) is 0 Å². The third-order valence-corrected chi connectivity index (χ3v) is 1.74. The molecule has 11 heavy (non-hydrogen) atoms. The van der Waals surface area contributed by atoms with Gasteiger partial charge >= 0.3 is 0 Å². The summed E-state index contributed by atoms with van der Waals surface area (Å²) in [7, 11) is 1.98. The minimum atomic E-state index is 0.362. The Balaban J connectivity index is 3.35. The summed E-state index contributed by atoms with van der Waals surface area (Å²) >= 11 is 0. The van der Waals surface area contributed by atoms with Gasteiger partial charge in [0.2, 0.25) is 0 Å². The lowest BCUT2D eigenvalue weighted by Crippen LogP contribution is -2.23. The van der Waals surface area contributed by atoms with Gasteiger partial charge in [-0.25, -0.2) is 0 Å². The van der Waals surface area contributed by atoms with E-state index in [0.717, 1.165) is 13.2 Å². The molecule has 0 aliphatic rings.